The van der Waals surface area contributed by atoms with E-state index >= 15 is 0 Å². The number of carbonyl (C=O) groups is 1. The summed E-state index contributed by atoms with van der Waals surface area (Å²) < 4.78 is 22.0. The van der Waals surface area contributed by atoms with Crippen molar-refractivity contribution in [1.82, 2.24) is 4.90 Å². The summed E-state index contributed by atoms with van der Waals surface area (Å²) in [7, 11) is 3.02. The number of rotatable bonds is 6. The smallest absolute Gasteiger partial charge is 0.307 e. The molecule has 6 nitrogen and oxygen atoms in total. The van der Waals surface area contributed by atoms with E-state index < -0.39 is 0 Å². The number of hydrogen-bond donors (Lipinski definition) is 0. The largest absolute Gasteiger partial charge is 0.493 e. The molecule has 6 heteroatoms. The Morgan fingerprint density at radius 1 is 1.28 bits per heavy atom. The third-order valence-corrected chi connectivity index (χ3v) is 5.32. The van der Waals surface area contributed by atoms with Gasteiger partial charge in [-0.15, -0.1) is 0 Å². The first-order valence-corrected chi connectivity index (χ1v) is 10.1. The monoisotopic (exact) mass is 399 g/mol. The highest BCUT2D eigenvalue weighted by Gasteiger charge is 2.22. The number of esters is 1. The van der Waals surface area contributed by atoms with E-state index in [0.29, 0.717) is 11.5 Å². The molecule has 1 aliphatic heterocycles. The van der Waals surface area contributed by atoms with E-state index in [9.17, 15) is 4.79 Å². The van der Waals surface area contributed by atoms with Crippen LogP contribution in [0.2, 0.25) is 0 Å². The van der Waals surface area contributed by atoms with E-state index in [1.807, 2.05) is 36.9 Å². The first kappa shape index (κ1) is 20.9. The lowest BCUT2D eigenvalue weighted by molar-refractivity contribution is -0.140. The molecule has 3 rings (SSSR count). The summed E-state index contributed by atoms with van der Waals surface area (Å²) in [6.07, 6.45) is 6.38. The average Bonchev–Trinajstić information content (AvgIpc) is 3.35. The van der Waals surface area contributed by atoms with Gasteiger partial charge in [0.2, 0.25) is 0 Å². The molecule has 1 aromatic carbocycles. The van der Waals surface area contributed by atoms with Gasteiger partial charge in [0.25, 0.3) is 0 Å². The minimum Gasteiger partial charge on any atom is -0.493 e. The highest BCUT2D eigenvalue weighted by atomic mass is 16.5. The van der Waals surface area contributed by atoms with Gasteiger partial charge < -0.3 is 18.9 Å². The van der Waals surface area contributed by atoms with Crippen LogP contribution in [-0.2, 0) is 14.3 Å². The molecule has 0 N–H and O–H groups in total. The second kappa shape index (κ2) is 9.60. The van der Waals surface area contributed by atoms with E-state index in [-0.39, 0.29) is 30.6 Å². The lowest BCUT2D eigenvalue weighted by atomic mass is 9.96. The highest BCUT2D eigenvalue weighted by Crippen LogP contribution is 2.35. The molecule has 2 atom stereocenters. The fourth-order valence-corrected chi connectivity index (χ4v) is 3.62. The molecule has 0 amide bonds. The normalized spacial score (nSPS) is 19.7. The molecule has 0 aromatic heterocycles. The minimum atomic E-state index is -0.333. The molecule has 0 radical (unpaired) electrons. The van der Waals surface area contributed by atoms with Crippen LogP contribution in [0.3, 0.4) is 0 Å². The summed E-state index contributed by atoms with van der Waals surface area (Å²) in [5, 5.41) is 0. The SMILES string of the molecule is COC(=O)CC(C#CN1C(C)=CO[C@H]1C)c1ccc(OC)c(OC2CCCC2)c1. The molecule has 0 spiro atoms. The Hall–Kier alpha value is -2.81. The topological polar surface area (TPSA) is 57.2 Å². The molecular formula is C23H29NO5. The van der Waals surface area contributed by atoms with Crippen molar-refractivity contribution in [3.05, 3.63) is 35.7 Å². The van der Waals surface area contributed by atoms with Crippen LogP contribution in [0.5, 0.6) is 11.5 Å². The summed E-state index contributed by atoms with van der Waals surface area (Å²) in [6, 6.07) is 8.88. The van der Waals surface area contributed by atoms with Crippen molar-refractivity contribution in [1.29, 1.82) is 0 Å². The predicted molar refractivity (Wildman–Crippen MR) is 109 cm³/mol. The lowest BCUT2D eigenvalue weighted by Gasteiger charge is -2.19. The van der Waals surface area contributed by atoms with Crippen LogP contribution in [0.1, 0.15) is 57.4 Å². The third kappa shape index (κ3) is 5.17. The van der Waals surface area contributed by atoms with Gasteiger partial charge in [-0.05, 0) is 57.2 Å². The highest BCUT2D eigenvalue weighted by molar-refractivity contribution is 5.71. The molecule has 1 saturated carbocycles. The number of ether oxygens (including phenoxy) is 4. The standard InChI is InChI=1S/C23H29NO5/c1-16-15-28-17(2)24(16)12-11-19(14-23(25)27-4)18-9-10-21(26-3)22(13-18)29-20-7-5-6-8-20/h9-10,13,15,17,19-20H,5-8,14H2,1-4H3/t17-,19?/m0/s1. The number of carbonyl (C=O) groups excluding carboxylic acids is 1. The molecule has 1 fully saturated rings. The first-order valence-electron chi connectivity index (χ1n) is 10.1. The number of methoxy groups -OCH3 is 2. The molecule has 156 valence electrons. The number of allylic oxidation sites excluding steroid dienone is 1. The van der Waals surface area contributed by atoms with Crippen LogP contribution in [0.15, 0.2) is 30.2 Å². The Kier molecular flexibility index (Phi) is 6.92. The number of benzene rings is 1. The van der Waals surface area contributed by atoms with Gasteiger partial charge in [-0.2, -0.15) is 0 Å². The maximum absolute atomic E-state index is 12.0. The van der Waals surface area contributed by atoms with Crippen molar-refractivity contribution in [3.63, 3.8) is 0 Å². The van der Waals surface area contributed by atoms with Gasteiger partial charge in [0.15, 0.2) is 17.7 Å². The second-order valence-corrected chi connectivity index (χ2v) is 7.39. The molecule has 29 heavy (non-hydrogen) atoms. The van der Waals surface area contributed by atoms with Crippen LogP contribution < -0.4 is 9.47 Å². The molecule has 1 aliphatic carbocycles. The maximum Gasteiger partial charge on any atom is 0.307 e. The van der Waals surface area contributed by atoms with E-state index in [1.54, 1.807) is 13.4 Å². The molecule has 0 saturated heterocycles. The molecule has 1 heterocycles. The predicted octanol–water partition coefficient (Wildman–Crippen LogP) is 4.16. The van der Waals surface area contributed by atoms with Crippen LogP contribution in [0, 0.1) is 12.0 Å². The summed E-state index contributed by atoms with van der Waals surface area (Å²) in [5.74, 6) is 3.96. The van der Waals surface area contributed by atoms with Gasteiger partial charge in [-0.3, -0.25) is 9.69 Å². The van der Waals surface area contributed by atoms with Crippen LogP contribution in [0.25, 0.3) is 0 Å². The molecule has 2 aliphatic rings. The van der Waals surface area contributed by atoms with E-state index in [1.165, 1.54) is 20.0 Å². The summed E-state index contributed by atoms with van der Waals surface area (Å²) >= 11 is 0. The quantitative estimate of drug-likeness (QED) is 0.529. The van der Waals surface area contributed by atoms with E-state index in [0.717, 1.165) is 24.1 Å². The number of hydrogen-bond acceptors (Lipinski definition) is 6. The summed E-state index contributed by atoms with van der Waals surface area (Å²) in [6.45, 7) is 3.87. The Labute approximate surface area is 172 Å². The number of nitrogens with zero attached hydrogens (tertiary/aromatic N) is 1. The summed E-state index contributed by atoms with van der Waals surface area (Å²) in [5.41, 5.74) is 1.83. The van der Waals surface area contributed by atoms with Crippen molar-refractivity contribution in [2.75, 3.05) is 14.2 Å². The van der Waals surface area contributed by atoms with Gasteiger partial charge in [-0.1, -0.05) is 12.0 Å². The Balaban J connectivity index is 1.88. The van der Waals surface area contributed by atoms with Crippen LogP contribution in [0.4, 0.5) is 0 Å². The zero-order valence-corrected chi connectivity index (χ0v) is 17.6. The van der Waals surface area contributed by atoms with Gasteiger partial charge in [0.05, 0.1) is 38.4 Å². The van der Waals surface area contributed by atoms with Gasteiger partial charge in [0.1, 0.15) is 6.26 Å². The average molecular weight is 399 g/mol. The van der Waals surface area contributed by atoms with Crippen molar-refractivity contribution in [2.24, 2.45) is 0 Å². The fourth-order valence-electron chi connectivity index (χ4n) is 3.62. The molecular weight excluding hydrogens is 370 g/mol. The van der Waals surface area contributed by atoms with E-state index in [2.05, 4.69) is 12.0 Å². The van der Waals surface area contributed by atoms with Crippen molar-refractivity contribution >= 4 is 5.97 Å². The van der Waals surface area contributed by atoms with E-state index in [4.69, 9.17) is 18.9 Å². The van der Waals surface area contributed by atoms with Crippen LogP contribution in [-0.4, -0.2) is 37.4 Å². The second-order valence-electron chi connectivity index (χ2n) is 7.39. The molecule has 1 aromatic rings. The Morgan fingerprint density at radius 2 is 2.03 bits per heavy atom. The zero-order chi connectivity index (χ0) is 20.8. The van der Waals surface area contributed by atoms with Crippen molar-refractivity contribution < 1.29 is 23.7 Å². The Bertz CT molecular complexity index is 816. The molecule has 1 unspecified atom stereocenters. The Morgan fingerprint density at radius 3 is 2.66 bits per heavy atom. The minimum absolute atomic E-state index is 0.154. The van der Waals surface area contributed by atoms with Crippen molar-refractivity contribution in [3.8, 4) is 23.5 Å². The summed E-state index contributed by atoms with van der Waals surface area (Å²) in [4.78, 5) is 13.9. The van der Waals surface area contributed by atoms with Crippen molar-refractivity contribution in [2.45, 2.75) is 64.2 Å². The fraction of sp³-hybridized carbons (Fsp3) is 0.522. The van der Waals surface area contributed by atoms with Crippen LogP contribution >= 0.6 is 0 Å². The maximum atomic E-state index is 12.0. The zero-order valence-electron chi connectivity index (χ0n) is 17.6. The molecule has 0 bridgehead atoms. The van der Waals surface area contributed by atoms with Gasteiger partial charge >= 0.3 is 5.97 Å². The van der Waals surface area contributed by atoms with Gasteiger partial charge in [-0.25, -0.2) is 0 Å². The van der Waals surface area contributed by atoms with Gasteiger partial charge in [0, 0.05) is 6.04 Å². The first-order chi connectivity index (χ1) is 14.0. The lowest BCUT2D eigenvalue weighted by Crippen LogP contribution is -2.22. The third-order valence-electron chi connectivity index (χ3n) is 5.32.